The number of carbonyl (C=O) groups is 1. The maximum absolute atomic E-state index is 13.8. The summed E-state index contributed by atoms with van der Waals surface area (Å²) >= 11 is 0. The van der Waals surface area contributed by atoms with Gasteiger partial charge in [0.2, 0.25) is 10.0 Å². The van der Waals surface area contributed by atoms with Gasteiger partial charge in [-0.25, -0.2) is 12.8 Å². The van der Waals surface area contributed by atoms with Gasteiger partial charge in [-0.2, -0.15) is 4.31 Å². The van der Waals surface area contributed by atoms with Crippen molar-refractivity contribution < 1.29 is 22.3 Å². The third-order valence-corrected chi connectivity index (χ3v) is 5.93. The maximum Gasteiger partial charge on any atom is 0.258 e. The Hall–Kier alpha value is -2.45. The number of carbonyl (C=O) groups excluding carboxylic acids is 1. The molecular formula is C18H21FN2O4S. The molecule has 0 aliphatic rings. The SMILES string of the molecule is CCN(CC)S(=O)(=O)c1ccc(OC)c(NC(=O)c2ccccc2F)c1. The first-order valence-corrected chi connectivity index (χ1v) is 9.53. The Kier molecular flexibility index (Phi) is 6.33. The first-order valence-electron chi connectivity index (χ1n) is 8.09. The average molecular weight is 380 g/mol. The van der Waals surface area contributed by atoms with Crippen LogP contribution in [0.4, 0.5) is 10.1 Å². The van der Waals surface area contributed by atoms with Crippen LogP contribution in [0, 0.1) is 5.82 Å². The predicted octanol–water partition coefficient (Wildman–Crippen LogP) is 3.12. The Morgan fingerprint density at radius 1 is 1.15 bits per heavy atom. The number of hydrogen-bond acceptors (Lipinski definition) is 4. The topological polar surface area (TPSA) is 75.7 Å². The number of nitrogens with one attached hydrogen (secondary N) is 1. The molecule has 0 radical (unpaired) electrons. The van der Waals surface area contributed by atoms with Gasteiger partial charge in [0, 0.05) is 13.1 Å². The van der Waals surface area contributed by atoms with Crippen molar-refractivity contribution >= 4 is 21.6 Å². The highest BCUT2D eigenvalue weighted by Gasteiger charge is 2.23. The molecule has 0 saturated carbocycles. The molecule has 0 bridgehead atoms. The fourth-order valence-electron chi connectivity index (χ4n) is 2.49. The number of halogens is 1. The fraction of sp³-hybridized carbons (Fsp3) is 0.278. The van der Waals surface area contributed by atoms with Crippen molar-refractivity contribution in [2.45, 2.75) is 18.7 Å². The monoisotopic (exact) mass is 380 g/mol. The predicted molar refractivity (Wildman–Crippen MR) is 97.5 cm³/mol. The van der Waals surface area contributed by atoms with Gasteiger partial charge >= 0.3 is 0 Å². The molecule has 26 heavy (non-hydrogen) atoms. The molecule has 1 amide bonds. The number of hydrogen-bond donors (Lipinski definition) is 1. The van der Waals surface area contributed by atoms with E-state index in [-0.39, 0.29) is 21.9 Å². The molecule has 0 saturated heterocycles. The van der Waals surface area contributed by atoms with Crippen molar-refractivity contribution in [3.05, 3.63) is 53.8 Å². The lowest BCUT2D eigenvalue weighted by Crippen LogP contribution is -2.30. The molecule has 1 N–H and O–H groups in total. The van der Waals surface area contributed by atoms with E-state index in [9.17, 15) is 17.6 Å². The lowest BCUT2D eigenvalue weighted by Gasteiger charge is -2.19. The maximum atomic E-state index is 13.8. The molecule has 2 rings (SSSR count). The summed E-state index contributed by atoms with van der Waals surface area (Å²) in [5.74, 6) is -1.09. The molecule has 0 aliphatic heterocycles. The summed E-state index contributed by atoms with van der Waals surface area (Å²) in [6, 6.07) is 9.70. The summed E-state index contributed by atoms with van der Waals surface area (Å²) in [4.78, 5) is 12.4. The van der Waals surface area contributed by atoms with Crippen LogP contribution in [-0.4, -0.2) is 38.8 Å². The van der Waals surface area contributed by atoms with Crippen molar-refractivity contribution in [1.29, 1.82) is 0 Å². The number of benzene rings is 2. The van der Waals surface area contributed by atoms with Gasteiger partial charge in [-0.1, -0.05) is 26.0 Å². The summed E-state index contributed by atoms with van der Waals surface area (Å²) in [5, 5.41) is 2.52. The second kappa shape index (κ2) is 8.29. The van der Waals surface area contributed by atoms with Gasteiger partial charge < -0.3 is 10.1 Å². The largest absolute Gasteiger partial charge is 0.495 e. The number of sulfonamides is 1. The minimum Gasteiger partial charge on any atom is -0.495 e. The summed E-state index contributed by atoms with van der Waals surface area (Å²) in [6.07, 6.45) is 0. The van der Waals surface area contributed by atoms with Crippen molar-refractivity contribution in [2.24, 2.45) is 0 Å². The van der Waals surface area contributed by atoms with Gasteiger partial charge in [0.15, 0.2) is 0 Å². The molecule has 140 valence electrons. The Bertz CT molecular complexity index is 896. The van der Waals surface area contributed by atoms with Crippen LogP contribution in [0.1, 0.15) is 24.2 Å². The van der Waals surface area contributed by atoms with Gasteiger partial charge in [0.05, 0.1) is 23.3 Å². The number of rotatable bonds is 7. The second-order valence-corrected chi connectivity index (χ2v) is 7.32. The van der Waals surface area contributed by atoms with E-state index in [4.69, 9.17) is 4.74 Å². The van der Waals surface area contributed by atoms with Crippen LogP contribution in [-0.2, 0) is 10.0 Å². The van der Waals surface area contributed by atoms with Crippen LogP contribution in [0.3, 0.4) is 0 Å². The molecule has 0 unspecified atom stereocenters. The van der Waals surface area contributed by atoms with E-state index >= 15 is 0 Å². The number of amides is 1. The Labute approximate surface area is 152 Å². The number of methoxy groups -OCH3 is 1. The van der Waals surface area contributed by atoms with Gasteiger partial charge in [-0.15, -0.1) is 0 Å². The zero-order chi connectivity index (χ0) is 19.3. The first kappa shape index (κ1) is 19.9. The van der Waals surface area contributed by atoms with Crippen LogP contribution >= 0.6 is 0 Å². The van der Waals surface area contributed by atoms with E-state index in [0.717, 1.165) is 0 Å². The summed E-state index contributed by atoms with van der Waals surface area (Å²) in [7, 11) is -2.31. The molecule has 6 nitrogen and oxygen atoms in total. The number of anilines is 1. The van der Waals surface area contributed by atoms with Crippen molar-refractivity contribution in [3.8, 4) is 5.75 Å². The third kappa shape index (κ3) is 4.03. The molecule has 8 heteroatoms. The minimum absolute atomic E-state index is 0.0193. The van der Waals surface area contributed by atoms with Crippen molar-refractivity contribution in [2.75, 3.05) is 25.5 Å². The van der Waals surface area contributed by atoms with E-state index in [1.54, 1.807) is 13.8 Å². The third-order valence-electron chi connectivity index (χ3n) is 3.88. The molecule has 0 fully saturated rings. The van der Waals surface area contributed by atoms with E-state index < -0.39 is 21.7 Å². The van der Waals surface area contributed by atoms with Crippen molar-refractivity contribution in [1.82, 2.24) is 4.31 Å². The van der Waals surface area contributed by atoms with Gasteiger partial charge in [-0.3, -0.25) is 4.79 Å². The number of nitrogens with zero attached hydrogens (tertiary/aromatic N) is 1. The van der Waals surface area contributed by atoms with E-state index in [0.29, 0.717) is 13.1 Å². The number of ether oxygens (including phenoxy) is 1. The fourth-order valence-corrected chi connectivity index (χ4v) is 3.98. The molecule has 2 aromatic carbocycles. The molecule has 0 atom stereocenters. The van der Waals surface area contributed by atoms with Crippen LogP contribution in [0.15, 0.2) is 47.4 Å². The van der Waals surface area contributed by atoms with Gasteiger partial charge in [0.1, 0.15) is 11.6 Å². The normalized spacial score (nSPS) is 11.4. The minimum atomic E-state index is -3.70. The lowest BCUT2D eigenvalue weighted by atomic mass is 10.2. The van der Waals surface area contributed by atoms with Crippen LogP contribution in [0.5, 0.6) is 5.75 Å². The van der Waals surface area contributed by atoms with Crippen LogP contribution in [0.25, 0.3) is 0 Å². The standard InChI is InChI=1S/C18H21FN2O4S/c1-4-21(5-2)26(23,24)13-10-11-17(25-3)16(12-13)20-18(22)14-8-6-7-9-15(14)19/h6-12H,4-5H2,1-3H3,(H,20,22). The molecule has 0 aromatic heterocycles. The first-order chi connectivity index (χ1) is 12.3. The highest BCUT2D eigenvalue weighted by molar-refractivity contribution is 7.89. The summed E-state index contributed by atoms with van der Waals surface area (Å²) in [6.45, 7) is 4.13. The second-order valence-electron chi connectivity index (χ2n) is 5.39. The Morgan fingerprint density at radius 2 is 1.81 bits per heavy atom. The molecule has 0 aliphatic carbocycles. The quantitative estimate of drug-likeness (QED) is 0.801. The van der Waals surface area contributed by atoms with Crippen molar-refractivity contribution in [3.63, 3.8) is 0 Å². The van der Waals surface area contributed by atoms with E-state index in [2.05, 4.69) is 5.32 Å². The highest BCUT2D eigenvalue weighted by atomic mass is 32.2. The van der Waals surface area contributed by atoms with Gasteiger partial charge in [0.25, 0.3) is 5.91 Å². The highest BCUT2D eigenvalue weighted by Crippen LogP contribution is 2.29. The molecule has 2 aromatic rings. The van der Waals surface area contributed by atoms with E-state index in [1.165, 1.54) is 53.9 Å². The van der Waals surface area contributed by atoms with Gasteiger partial charge in [-0.05, 0) is 30.3 Å². The molecular weight excluding hydrogens is 359 g/mol. The van der Waals surface area contributed by atoms with Crippen LogP contribution in [0.2, 0.25) is 0 Å². The van der Waals surface area contributed by atoms with E-state index in [1.807, 2.05) is 0 Å². The molecule has 0 spiro atoms. The zero-order valence-corrected chi connectivity index (χ0v) is 15.6. The average Bonchev–Trinajstić information content (AvgIpc) is 2.62. The molecule has 0 heterocycles. The zero-order valence-electron chi connectivity index (χ0n) is 14.8. The van der Waals surface area contributed by atoms with Crippen LogP contribution < -0.4 is 10.1 Å². The Balaban J connectivity index is 2.42. The smallest absolute Gasteiger partial charge is 0.258 e. The summed E-state index contributed by atoms with van der Waals surface area (Å²) in [5.41, 5.74) is 0.000500. The lowest BCUT2D eigenvalue weighted by molar-refractivity contribution is 0.102. The Morgan fingerprint density at radius 3 is 2.38 bits per heavy atom. The summed E-state index contributed by atoms with van der Waals surface area (Å²) < 4.78 is 45.6.